The number of carboxylic acid groups (broad SMARTS) is 1. The van der Waals surface area contributed by atoms with Crippen molar-refractivity contribution >= 4 is 5.97 Å². The Morgan fingerprint density at radius 2 is 2.00 bits per heavy atom. The van der Waals surface area contributed by atoms with Crippen LogP contribution in [0, 0.1) is 5.92 Å². The molecular weight excluding hydrogens is 228 g/mol. The van der Waals surface area contributed by atoms with E-state index < -0.39 is 11.5 Å². The Hall–Kier alpha value is -0.610. The van der Waals surface area contributed by atoms with Gasteiger partial charge < -0.3 is 10.8 Å². The second kappa shape index (κ2) is 6.53. The number of aliphatic carboxylic acids is 1. The van der Waals surface area contributed by atoms with Gasteiger partial charge >= 0.3 is 5.97 Å². The maximum absolute atomic E-state index is 11.2. The molecule has 18 heavy (non-hydrogen) atoms. The zero-order chi connectivity index (χ0) is 13.8. The molecule has 0 amide bonds. The van der Waals surface area contributed by atoms with E-state index in [1.807, 2.05) is 0 Å². The summed E-state index contributed by atoms with van der Waals surface area (Å²) in [7, 11) is 0. The Bertz CT molecular complexity index is 271. The Kier molecular flexibility index (Phi) is 5.60. The lowest BCUT2D eigenvalue weighted by Gasteiger charge is -2.34. The molecule has 1 fully saturated rings. The lowest BCUT2D eigenvalue weighted by atomic mass is 10.0. The van der Waals surface area contributed by atoms with Crippen molar-refractivity contribution < 1.29 is 9.90 Å². The predicted molar refractivity (Wildman–Crippen MR) is 73.5 cm³/mol. The van der Waals surface area contributed by atoms with Crippen LogP contribution in [0.15, 0.2) is 0 Å². The average molecular weight is 256 g/mol. The highest BCUT2D eigenvalue weighted by Gasteiger charge is 2.33. The van der Waals surface area contributed by atoms with Crippen molar-refractivity contribution in [3.8, 4) is 0 Å². The number of carboxylic acids is 1. The van der Waals surface area contributed by atoms with Crippen LogP contribution in [0.2, 0.25) is 0 Å². The summed E-state index contributed by atoms with van der Waals surface area (Å²) in [6.07, 6.45) is 6.00. The molecule has 106 valence electrons. The molecule has 1 rings (SSSR count). The summed E-state index contributed by atoms with van der Waals surface area (Å²) in [4.78, 5) is 13.5. The van der Waals surface area contributed by atoms with E-state index in [2.05, 4.69) is 18.7 Å². The van der Waals surface area contributed by atoms with Crippen LogP contribution >= 0.6 is 0 Å². The van der Waals surface area contributed by atoms with Gasteiger partial charge in [-0.3, -0.25) is 9.69 Å². The molecule has 1 saturated carbocycles. The van der Waals surface area contributed by atoms with E-state index in [1.54, 1.807) is 6.92 Å². The van der Waals surface area contributed by atoms with Gasteiger partial charge in [0.05, 0.1) is 0 Å². The second-order valence-electron chi connectivity index (χ2n) is 6.31. The molecule has 0 aromatic heterocycles. The van der Waals surface area contributed by atoms with Gasteiger partial charge in [0.1, 0.15) is 5.54 Å². The Morgan fingerprint density at radius 1 is 1.44 bits per heavy atom. The number of nitrogens with zero attached hydrogens (tertiary/aromatic N) is 1. The monoisotopic (exact) mass is 256 g/mol. The van der Waals surface area contributed by atoms with Crippen LogP contribution < -0.4 is 5.73 Å². The zero-order valence-corrected chi connectivity index (χ0v) is 12.0. The normalized spacial score (nSPS) is 20.6. The van der Waals surface area contributed by atoms with Gasteiger partial charge in [0.25, 0.3) is 0 Å². The predicted octanol–water partition coefficient (Wildman–Crippen LogP) is 2.08. The van der Waals surface area contributed by atoms with Crippen molar-refractivity contribution in [2.75, 3.05) is 13.1 Å². The van der Waals surface area contributed by atoms with Crippen LogP contribution in [0.1, 0.15) is 52.9 Å². The molecule has 4 nitrogen and oxygen atoms in total. The first-order valence-electron chi connectivity index (χ1n) is 7.09. The fraction of sp³-hybridized carbons (Fsp3) is 0.929. The molecule has 0 spiro atoms. The molecule has 0 saturated heterocycles. The largest absolute Gasteiger partial charge is 0.480 e. The third kappa shape index (κ3) is 4.58. The fourth-order valence-electron chi connectivity index (χ4n) is 2.57. The number of hydrogen-bond acceptors (Lipinski definition) is 3. The maximum atomic E-state index is 11.2. The number of hydrogen-bond donors (Lipinski definition) is 2. The van der Waals surface area contributed by atoms with Gasteiger partial charge in [0.2, 0.25) is 0 Å². The first-order chi connectivity index (χ1) is 8.33. The lowest BCUT2D eigenvalue weighted by Crippen LogP contribution is -2.55. The van der Waals surface area contributed by atoms with Crippen molar-refractivity contribution in [2.45, 2.75) is 64.5 Å². The fourth-order valence-corrected chi connectivity index (χ4v) is 2.57. The quantitative estimate of drug-likeness (QED) is 0.732. The first kappa shape index (κ1) is 15.4. The molecule has 3 N–H and O–H groups in total. The minimum absolute atomic E-state index is 0.458. The minimum atomic E-state index is -1.14. The van der Waals surface area contributed by atoms with Gasteiger partial charge in [0, 0.05) is 12.6 Å². The highest BCUT2D eigenvalue weighted by molar-refractivity contribution is 5.78. The van der Waals surface area contributed by atoms with Crippen molar-refractivity contribution in [1.82, 2.24) is 4.90 Å². The van der Waals surface area contributed by atoms with E-state index in [9.17, 15) is 4.79 Å². The Morgan fingerprint density at radius 3 is 2.44 bits per heavy atom. The summed E-state index contributed by atoms with van der Waals surface area (Å²) in [5.74, 6) is -0.266. The smallest absolute Gasteiger partial charge is 0.324 e. The number of carbonyl (C=O) groups is 1. The van der Waals surface area contributed by atoms with E-state index in [1.165, 1.54) is 25.7 Å². The summed E-state index contributed by atoms with van der Waals surface area (Å²) in [6, 6.07) is 0.533. The zero-order valence-electron chi connectivity index (χ0n) is 12.0. The van der Waals surface area contributed by atoms with Crippen LogP contribution in [-0.2, 0) is 4.79 Å². The highest BCUT2D eigenvalue weighted by Crippen LogP contribution is 2.25. The summed E-state index contributed by atoms with van der Waals surface area (Å²) in [5.41, 5.74) is 4.75. The van der Waals surface area contributed by atoms with Crippen molar-refractivity contribution in [2.24, 2.45) is 11.7 Å². The van der Waals surface area contributed by atoms with E-state index in [0.29, 0.717) is 18.5 Å². The van der Waals surface area contributed by atoms with Gasteiger partial charge in [-0.2, -0.15) is 0 Å². The minimum Gasteiger partial charge on any atom is -0.480 e. The summed E-state index contributed by atoms with van der Waals surface area (Å²) in [5, 5.41) is 9.16. The molecule has 1 aliphatic rings. The molecule has 4 heteroatoms. The Labute approximate surface area is 111 Å². The van der Waals surface area contributed by atoms with Crippen molar-refractivity contribution in [1.29, 1.82) is 0 Å². The molecule has 0 aromatic rings. The van der Waals surface area contributed by atoms with Crippen LogP contribution in [0.25, 0.3) is 0 Å². The SMILES string of the molecule is CC(C)CCN(CC(C)(N)C(=O)O)C1CCCC1. The molecule has 1 atom stereocenters. The van der Waals surface area contributed by atoms with Gasteiger partial charge in [-0.15, -0.1) is 0 Å². The molecular formula is C14H28N2O2. The van der Waals surface area contributed by atoms with Gasteiger partial charge in [-0.05, 0) is 38.6 Å². The topological polar surface area (TPSA) is 66.6 Å². The molecule has 1 aliphatic carbocycles. The Balaban J connectivity index is 2.61. The summed E-state index contributed by atoms with van der Waals surface area (Å²) < 4.78 is 0. The molecule has 1 unspecified atom stereocenters. The van der Waals surface area contributed by atoms with Crippen molar-refractivity contribution in [3.05, 3.63) is 0 Å². The van der Waals surface area contributed by atoms with Crippen LogP contribution in [0.3, 0.4) is 0 Å². The lowest BCUT2D eigenvalue weighted by molar-refractivity contribution is -0.143. The molecule has 0 heterocycles. The van der Waals surface area contributed by atoms with Crippen LogP contribution in [0.5, 0.6) is 0 Å². The number of rotatable bonds is 7. The molecule has 0 aromatic carbocycles. The average Bonchev–Trinajstić information content (AvgIpc) is 2.76. The van der Waals surface area contributed by atoms with E-state index in [4.69, 9.17) is 10.8 Å². The summed E-state index contributed by atoms with van der Waals surface area (Å²) in [6.45, 7) is 7.44. The van der Waals surface area contributed by atoms with E-state index >= 15 is 0 Å². The standard InChI is InChI=1S/C14H28N2O2/c1-11(2)8-9-16(12-6-4-5-7-12)10-14(3,15)13(17)18/h11-12H,4-10,15H2,1-3H3,(H,17,18). The van der Waals surface area contributed by atoms with Crippen LogP contribution in [0.4, 0.5) is 0 Å². The third-order valence-corrected chi connectivity index (χ3v) is 3.85. The third-order valence-electron chi connectivity index (χ3n) is 3.85. The molecule has 0 aliphatic heterocycles. The maximum Gasteiger partial charge on any atom is 0.324 e. The second-order valence-corrected chi connectivity index (χ2v) is 6.31. The highest BCUT2D eigenvalue weighted by atomic mass is 16.4. The number of nitrogens with two attached hydrogens (primary N) is 1. The van der Waals surface area contributed by atoms with Crippen molar-refractivity contribution in [3.63, 3.8) is 0 Å². The van der Waals surface area contributed by atoms with Crippen LogP contribution in [-0.4, -0.2) is 40.6 Å². The van der Waals surface area contributed by atoms with E-state index in [-0.39, 0.29) is 0 Å². The first-order valence-corrected chi connectivity index (χ1v) is 7.09. The van der Waals surface area contributed by atoms with Gasteiger partial charge in [0.15, 0.2) is 0 Å². The van der Waals surface area contributed by atoms with Gasteiger partial charge in [-0.1, -0.05) is 26.7 Å². The molecule has 0 radical (unpaired) electrons. The van der Waals surface area contributed by atoms with Gasteiger partial charge in [-0.25, -0.2) is 0 Å². The summed E-state index contributed by atoms with van der Waals surface area (Å²) >= 11 is 0. The molecule has 0 bridgehead atoms. The van der Waals surface area contributed by atoms with E-state index in [0.717, 1.165) is 13.0 Å².